The molecule has 0 aliphatic carbocycles. The van der Waals surface area contributed by atoms with Gasteiger partial charge in [0.05, 0.1) is 0 Å². The highest BCUT2D eigenvalue weighted by molar-refractivity contribution is 5.83. The predicted molar refractivity (Wildman–Crippen MR) is 71.5 cm³/mol. The normalized spacial score (nSPS) is 13.3. The molecule has 0 aliphatic rings. The molecule has 0 bridgehead atoms. The fourth-order valence-electron chi connectivity index (χ4n) is 1.79. The van der Waals surface area contributed by atoms with E-state index in [9.17, 15) is 4.79 Å². The van der Waals surface area contributed by atoms with Crippen molar-refractivity contribution >= 4 is 5.97 Å². The lowest BCUT2D eigenvalue weighted by molar-refractivity contribution is -0.135. The molecule has 0 saturated carbocycles. The van der Waals surface area contributed by atoms with Crippen molar-refractivity contribution in [2.24, 2.45) is 5.92 Å². The van der Waals surface area contributed by atoms with Crippen molar-refractivity contribution in [2.45, 2.75) is 32.6 Å². The predicted octanol–water partition coefficient (Wildman–Crippen LogP) is 3.56. The monoisotopic (exact) mass is 248 g/mol. The lowest BCUT2D eigenvalue weighted by atomic mass is 9.97. The summed E-state index contributed by atoms with van der Waals surface area (Å²) in [6.45, 7) is 2.15. The minimum absolute atomic E-state index is 0.517. The summed E-state index contributed by atoms with van der Waals surface area (Å²) in [6.07, 6.45) is 4.99. The zero-order chi connectivity index (χ0) is 13.4. The number of aliphatic carboxylic acids is 1. The van der Waals surface area contributed by atoms with Crippen molar-refractivity contribution in [3.05, 3.63) is 47.7 Å². The molecule has 0 spiro atoms. The van der Waals surface area contributed by atoms with Gasteiger partial charge in [-0.2, -0.15) is 0 Å². The Morgan fingerprint density at radius 3 is 2.50 bits per heavy atom. The van der Waals surface area contributed by atoms with Gasteiger partial charge in [-0.3, -0.25) is 0 Å². The second-order valence-electron chi connectivity index (χ2n) is 4.60. The van der Waals surface area contributed by atoms with Crippen molar-refractivity contribution in [1.29, 1.82) is 0 Å². The number of allylic oxidation sites excluding steroid dienone is 1. The fourth-order valence-corrected chi connectivity index (χ4v) is 1.79. The summed E-state index contributed by atoms with van der Waals surface area (Å²) in [4.78, 5) is 10.4. The number of aliphatic hydroxyl groups excluding tert-OH is 1. The summed E-state index contributed by atoms with van der Waals surface area (Å²) >= 11 is 0. The Hall–Kier alpha value is -1.77. The highest BCUT2D eigenvalue weighted by atomic mass is 16.4. The van der Waals surface area contributed by atoms with E-state index in [-0.39, 0.29) is 0 Å². The molecule has 0 saturated heterocycles. The smallest absolute Gasteiger partial charge is 0.370 e. The molecule has 3 nitrogen and oxygen atoms in total. The zero-order valence-electron chi connectivity index (χ0n) is 10.7. The van der Waals surface area contributed by atoms with Gasteiger partial charge >= 0.3 is 5.97 Å². The van der Waals surface area contributed by atoms with E-state index in [4.69, 9.17) is 10.2 Å². The Morgan fingerprint density at radius 2 is 1.89 bits per heavy atom. The number of carbonyl (C=O) groups is 1. The highest BCUT2D eigenvalue weighted by Crippen LogP contribution is 2.15. The molecule has 2 N–H and O–H groups in total. The Labute approximate surface area is 108 Å². The minimum Gasteiger partial charge on any atom is -0.502 e. The first-order chi connectivity index (χ1) is 8.59. The van der Waals surface area contributed by atoms with Crippen LogP contribution in [0.2, 0.25) is 0 Å². The van der Waals surface area contributed by atoms with Gasteiger partial charge in [-0.05, 0) is 43.2 Å². The number of hydrogen-bond donors (Lipinski definition) is 2. The number of carboxylic acids is 1. The van der Waals surface area contributed by atoms with Gasteiger partial charge in [-0.15, -0.1) is 0 Å². The molecule has 1 unspecified atom stereocenters. The van der Waals surface area contributed by atoms with Gasteiger partial charge in [0.25, 0.3) is 0 Å². The van der Waals surface area contributed by atoms with Gasteiger partial charge in [-0.1, -0.05) is 37.3 Å². The van der Waals surface area contributed by atoms with Crippen LogP contribution < -0.4 is 0 Å². The second kappa shape index (κ2) is 7.54. The van der Waals surface area contributed by atoms with Crippen LogP contribution in [0.1, 0.15) is 31.7 Å². The van der Waals surface area contributed by atoms with Crippen molar-refractivity contribution in [2.75, 3.05) is 0 Å². The summed E-state index contributed by atoms with van der Waals surface area (Å²) in [5.74, 6) is -1.29. The van der Waals surface area contributed by atoms with Crippen molar-refractivity contribution in [3.8, 4) is 0 Å². The van der Waals surface area contributed by atoms with Crippen LogP contribution in [-0.4, -0.2) is 16.2 Å². The van der Waals surface area contributed by atoms with E-state index in [1.165, 1.54) is 11.6 Å². The third-order valence-electron chi connectivity index (χ3n) is 2.98. The van der Waals surface area contributed by atoms with Gasteiger partial charge in [-0.25, -0.2) is 4.79 Å². The molecule has 3 heteroatoms. The van der Waals surface area contributed by atoms with E-state index in [1.807, 2.05) is 18.2 Å². The zero-order valence-corrected chi connectivity index (χ0v) is 10.7. The molecular formula is C15H20O3. The van der Waals surface area contributed by atoms with Crippen LogP contribution >= 0.6 is 0 Å². The lowest BCUT2D eigenvalue weighted by Gasteiger charge is -2.09. The minimum atomic E-state index is -1.26. The van der Waals surface area contributed by atoms with E-state index >= 15 is 0 Å². The van der Waals surface area contributed by atoms with E-state index in [1.54, 1.807) is 0 Å². The molecule has 1 aromatic carbocycles. The highest BCUT2D eigenvalue weighted by Gasteiger charge is 2.05. The Balaban J connectivity index is 2.24. The number of benzene rings is 1. The Bertz CT molecular complexity index is 395. The first kappa shape index (κ1) is 14.3. The first-order valence-electron chi connectivity index (χ1n) is 6.26. The van der Waals surface area contributed by atoms with Crippen molar-refractivity contribution in [3.63, 3.8) is 0 Å². The number of hydrogen-bond acceptors (Lipinski definition) is 2. The standard InChI is InChI=1S/C15H20O3/c1-12(6-5-9-14(16)15(17)18)10-11-13-7-3-2-4-8-13/h2-4,7-9,12,16H,5-6,10-11H2,1H3,(H,17,18). The van der Waals surface area contributed by atoms with Gasteiger partial charge in [0, 0.05) is 0 Å². The van der Waals surface area contributed by atoms with Crippen LogP contribution in [0.4, 0.5) is 0 Å². The molecule has 0 aliphatic heterocycles. The molecule has 18 heavy (non-hydrogen) atoms. The average molecular weight is 248 g/mol. The molecular weight excluding hydrogens is 228 g/mol. The molecule has 0 heterocycles. The third kappa shape index (κ3) is 5.53. The third-order valence-corrected chi connectivity index (χ3v) is 2.98. The summed E-state index contributed by atoms with van der Waals surface area (Å²) in [5, 5.41) is 17.5. The number of aliphatic hydroxyl groups is 1. The number of carboxylic acid groups (broad SMARTS) is 1. The van der Waals surface area contributed by atoms with Crippen LogP contribution in [0, 0.1) is 5.92 Å². The van der Waals surface area contributed by atoms with E-state index in [0.29, 0.717) is 12.3 Å². The van der Waals surface area contributed by atoms with Crippen molar-refractivity contribution < 1.29 is 15.0 Å². The van der Waals surface area contributed by atoms with Crippen LogP contribution in [-0.2, 0) is 11.2 Å². The molecule has 1 rings (SSSR count). The topological polar surface area (TPSA) is 57.5 Å². The van der Waals surface area contributed by atoms with Gasteiger partial charge in [0.1, 0.15) is 0 Å². The van der Waals surface area contributed by atoms with Crippen LogP contribution in [0.15, 0.2) is 42.2 Å². The van der Waals surface area contributed by atoms with E-state index in [0.717, 1.165) is 19.3 Å². The van der Waals surface area contributed by atoms with E-state index < -0.39 is 11.7 Å². The molecule has 1 atom stereocenters. The second-order valence-corrected chi connectivity index (χ2v) is 4.60. The van der Waals surface area contributed by atoms with Crippen LogP contribution in [0.3, 0.4) is 0 Å². The van der Waals surface area contributed by atoms with Gasteiger partial charge in [0.2, 0.25) is 0 Å². The molecule has 98 valence electrons. The molecule has 0 fully saturated rings. The number of aryl methyl sites for hydroxylation is 1. The molecule has 1 aromatic rings. The van der Waals surface area contributed by atoms with E-state index in [2.05, 4.69) is 19.1 Å². The molecule has 0 aromatic heterocycles. The first-order valence-corrected chi connectivity index (χ1v) is 6.26. The van der Waals surface area contributed by atoms with Gasteiger partial charge in [0.15, 0.2) is 5.76 Å². The summed E-state index contributed by atoms with van der Waals surface area (Å²) in [7, 11) is 0. The largest absolute Gasteiger partial charge is 0.502 e. The van der Waals surface area contributed by atoms with Crippen LogP contribution in [0.25, 0.3) is 0 Å². The summed E-state index contributed by atoms with van der Waals surface area (Å²) in [6, 6.07) is 10.3. The Morgan fingerprint density at radius 1 is 1.22 bits per heavy atom. The molecule has 0 radical (unpaired) electrons. The SMILES string of the molecule is CC(CCC=C(O)C(=O)O)CCc1ccccc1. The maximum Gasteiger partial charge on any atom is 0.370 e. The maximum atomic E-state index is 10.4. The van der Waals surface area contributed by atoms with Gasteiger partial charge < -0.3 is 10.2 Å². The fraction of sp³-hybridized carbons (Fsp3) is 0.400. The quantitative estimate of drug-likeness (QED) is 0.573. The molecule has 0 amide bonds. The summed E-state index contributed by atoms with van der Waals surface area (Å²) < 4.78 is 0. The van der Waals surface area contributed by atoms with Crippen LogP contribution in [0.5, 0.6) is 0 Å². The maximum absolute atomic E-state index is 10.4. The lowest BCUT2D eigenvalue weighted by Crippen LogP contribution is -2.00. The average Bonchev–Trinajstić information content (AvgIpc) is 2.37. The van der Waals surface area contributed by atoms with Crippen molar-refractivity contribution in [1.82, 2.24) is 0 Å². The summed E-state index contributed by atoms with van der Waals surface area (Å²) in [5.41, 5.74) is 1.33. The number of rotatable bonds is 7. The Kier molecular flexibility index (Phi) is 5.98.